The third kappa shape index (κ3) is 6.33. The van der Waals surface area contributed by atoms with Crippen LogP contribution in [0.1, 0.15) is 11.1 Å². The number of hydrogen-bond acceptors (Lipinski definition) is 4. The number of halogens is 1. The van der Waals surface area contributed by atoms with Crippen LogP contribution < -0.4 is 16.4 Å². The lowest BCUT2D eigenvalue weighted by molar-refractivity contribution is -0.125. The highest BCUT2D eigenvalue weighted by Gasteiger charge is 2.07. The van der Waals surface area contributed by atoms with Gasteiger partial charge in [-0.05, 0) is 31.8 Å². The van der Waals surface area contributed by atoms with E-state index in [0.717, 1.165) is 5.56 Å². The summed E-state index contributed by atoms with van der Waals surface area (Å²) >= 11 is 0. The van der Waals surface area contributed by atoms with Gasteiger partial charge in [-0.2, -0.15) is 0 Å². The van der Waals surface area contributed by atoms with Gasteiger partial charge in [0, 0.05) is 18.7 Å². The molecule has 0 radical (unpaired) electrons. The summed E-state index contributed by atoms with van der Waals surface area (Å²) in [5, 5.41) is 5.02. The minimum absolute atomic E-state index is 0.123. The zero-order valence-electron chi connectivity index (χ0n) is 12.3. The number of carbonyl (C=O) groups excluding carboxylic acids is 2. The van der Waals surface area contributed by atoms with E-state index in [1.54, 1.807) is 12.1 Å². The summed E-state index contributed by atoms with van der Waals surface area (Å²) in [6.07, 6.45) is 0. The smallest absolute Gasteiger partial charge is 0.239 e. The fourth-order valence-corrected chi connectivity index (χ4v) is 1.71. The third-order valence-corrected chi connectivity index (χ3v) is 2.72. The zero-order chi connectivity index (χ0) is 15.8. The lowest BCUT2D eigenvalue weighted by Crippen LogP contribution is -2.39. The lowest BCUT2D eigenvalue weighted by Gasteiger charge is -2.12. The summed E-state index contributed by atoms with van der Waals surface area (Å²) < 4.78 is 13.6. The van der Waals surface area contributed by atoms with Crippen molar-refractivity contribution in [1.29, 1.82) is 0 Å². The quantitative estimate of drug-likeness (QED) is 0.638. The normalized spacial score (nSPS) is 10.5. The van der Waals surface area contributed by atoms with E-state index in [-0.39, 0.29) is 37.3 Å². The number of hydrogen-bond donors (Lipinski definition) is 3. The largest absolute Gasteiger partial charge is 0.350 e. The molecule has 6 nitrogen and oxygen atoms in total. The molecule has 0 unspecified atom stereocenters. The molecule has 0 aliphatic rings. The lowest BCUT2D eigenvalue weighted by atomic mass is 10.1. The monoisotopic (exact) mass is 296 g/mol. The average Bonchev–Trinajstić information content (AvgIpc) is 2.44. The van der Waals surface area contributed by atoms with Crippen LogP contribution in [0.15, 0.2) is 18.2 Å². The van der Waals surface area contributed by atoms with Crippen molar-refractivity contribution in [3.8, 4) is 0 Å². The maximum Gasteiger partial charge on any atom is 0.239 e. The molecule has 21 heavy (non-hydrogen) atoms. The van der Waals surface area contributed by atoms with Gasteiger partial charge >= 0.3 is 0 Å². The molecule has 2 amide bonds. The van der Waals surface area contributed by atoms with E-state index in [9.17, 15) is 14.0 Å². The Balaban J connectivity index is 2.51. The van der Waals surface area contributed by atoms with Gasteiger partial charge in [0.2, 0.25) is 11.8 Å². The molecule has 0 aliphatic heterocycles. The molecule has 0 spiro atoms. The molecule has 116 valence electrons. The second kappa shape index (κ2) is 8.33. The highest BCUT2D eigenvalue weighted by Crippen LogP contribution is 2.12. The van der Waals surface area contributed by atoms with Crippen molar-refractivity contribution >= 4 is 11.8 Å². The fraction of sp³-hybridized carbons (Fsp3) is 0.429. The second-order valence-corrected chi connectivity index (χ2v) is 4.92. The minimum atomic E-state index is -0.389. The summed E-state index contributed by atoms with van der Waals surface area (Å²) in [7, 11) is 3.71. The molecule has 0 saturated carbocycles. The van der Waals surface area contributed by atoms with Crippen molar-refractivity contribution in [2.24, 2.45) is 5.73 Å². The van der Waals surface area contributed by atoms with Crippen molar-refractivity contribution in [3.05, 3.63) is 35.1 Å². The number of rotatable bonds is 7. The predicted molar refractivity (Wildman–Crippen MR) is 77.7 cm³/mol. The molecule has 0 heterocycles. The van der Waals surface area contributed by atoms with E-state index < -0.39 is 0 Å². The van der Waals surface area contributed by atoms with Gasteiger partial charge in [0.1, 0.15) is 5.82 Å². The van der Waals surface area contributed by atoms with Crippen LogP contribution in [-0.4, -0.2) is 43.9 Å². The summed E-state index contributed by atoms with van der Waals surface area (Å²) in [5.74, 6) is -0.982. The Morgan fingerprint density at radius 2 is 1.95 bits per heavy atom. The second-order valence-electron chi connectivity index (χ2n) is 4.92. The molecule has 1 rings (SSSR count). The van der Waals surface area contributed by atoms with E-state index in [2.05, 4.69) is 10.6 Å². The van der Waals surface area contributed by atoms with Gasteiger partial charge in [0.05, 0.1) is 13.1 Å². The van der Waals surface area contributed by atoms with Gasteiger partial charge in [0.25, 0.3) is 0 Å². The van der Waals surface area contributed by atoms with Crippen LogP contribution >= 0.6 is 0 Å². The van der Waals surface area contributed by atoms with Crippen molar-refractivity contribution in [2.45, 2.75) is 13.1 Å². The van der Waals surface area contributed by atoms with Crippen LogP contribution in [0.3, 0.4) is 0 Å². The van der Waals surface area contributed by atoms with Crippen molar-refractivity contribution in [1.82, 2.24) is 15.5 Å². The van der Waals surface area contributed by atoms with Crippen LogP contribution in [0.5, 0.6) is 0 Å². The molecule has 0 bridgehead atoms. The van der Waals surface area contributed by atoms with Gasteiger partial charge < -0.3 is 21.3 Å². The third-order valence-electron chi connectivity index (χ3n) is 2.72. The molecule has 0 saturated heterocycles. The summed E-state index contributed by atoms with van der Waals surface area (Å²) in [6, 6.07) is 4.72. The highest BCUT2D eigenvalue weighted by molar-refractivity contribution is 5.85. The standard InChI is InChI=1S/C14H21FN4O2/c1-19(2)9-11-5-10(3-4-12(11)15)7-17-14(21)8-18-13(20)6-16/h3-5H,6-9,16H2,1-2H3,(H,17,21)(H,18,20). The molecular weight excluding hydrogens is 275 g/mol. The SMILES string of the molecule is CN(C)Cc1cc(CNC(=O)CNC(=O)CN)ccc1F. The Morgan fingerprint density at radius 3 is 2.57 bits per heavy atom. The fourth-order valence-electron chi connectivity index (χ4n) is 1.71. The molecule has 4 N–H and O–H groups in total. The highest BCUT2D eigenvalue weighted by atomic mass is 19.1. The van der Waals surface area contributed by atoms with Gasteiger partial charge in [-0.1, -0.05) is 6.07 Å². The number of benzene rings is 1. The van der Waals surface area contributed by atoms with Crippen LogP contribution in [-0.2, 0) is 22.7 Å². The van der Waals surface area contributed by atoms with E-state index in [0.29, 0.717) is 12.1 Å². The Bertz CT molecular complexity index is 506. The van der Waals surface area contributed by atoms with Gasteiger partial charge in [-0.15, -0.1) is 0 Å². The van der Waals surface area contributed by atoms with Gasteiger partial charge in [-0.25, -0.2) is 4.39 Å². The molecule has 1 aromatic rings. The van der Waals surface area contributed by atoms with Gasteiger partial charge in [-0.3, -0.25) is 9.59 Å². The molecule has 7 heteroatoms. The maximum absolute atomic E-state index is 13.6. The molecule has 1 aromatic carbocycles. The van der Waals surface area contributed by atoms with Crippen LogP contribution in [0, 0.1) is 5.82 Å². The average molecular weight is 296 g/mol. The Morgan fingerprint density at radius 1 is 1.24 bits per heavy atom. The van der Waals surface area contributed by atoms with E-state index in [1.807, 2.05) is 19.0 Å². The van der Waals surface area contributed by atoms with Crippen molar-refractivity contribution in [2.75, 3.05) is 27.2 Å². The molecule has 0 aliphatic carbocycles. The van der Waals surface area contributed by atoms with E-state index in [4.69, 9.17) is 5.73 Å². The first-order valence-corrected chi connectivity index (χ1v) is 6.58. The number of carbonyl (C=O) groups is 2. The zero-order valence-corrected chi connectivity index (χ0v) is 12.3. The van der Waals surface area contributed by atoms with Gasteiger partial charge in [0.15, 0.2) is 0 Å². The Hall–Kier alpha value is -1.99. The van der Waals surface area contributed by atoms with E-state index >= 15 is 0 Å². The van der Waals surface area contributed by atoms with E-state index in [1.165, 1.54) is 6.07 Å². The summed E-state index contributed by atoms with van der Waals surface area (Å²) in [4.78, 5) is 24.3. The first-order valence-electron chi connectivity index (χ1n) is 6.58. The van der Waals surface area contributed by atoms with Crippen LogP contribution in [0.25, 0.3) is 0 Å². The summed E-state index contributed by atoms with van der Waals surface area (Å²) in [6.45, 7) is 0.485. The summed E-state index contributed by atoms with van der Waals surface area (Å²) in [5.41, 5.74) is 6.48. The van der Waals surface area contributed by atoms with Crippen molar-refractivity contribution in [3.63, 3.8) is 0 Å². The maximum atomic E-state index is 13.6. The number of amides is 2. The topological polar surface area (TPSA) is 87.5 Å². The Kier molecular flexibility index (Phi) is 6.77. The molecular formula is C14H21FN4O2. The first-order chi connectivity index (χ1) is 9.92. The van der Waals surface area contributed by atoms with Crippen LogP contribution in [0.4, 0.5) is 4.39 Å². The molecule has 0 aromatic heterocycles. The molecule has 0 atom stereocenters. The Labute approximate surface area is 123 Å². The number of nitrogens with zero attached hydrogens (tertiary/aromatic N) is 1. The first kappa shape index (κ1) is 17.1. The number of nitrogens with two attached hydrogens (primary N) is 1. The molecule has 0 fully saturated rings. The van der Waals surface area contributed by atoms with Crippen molar-refractivity contribution < 1.29 is 14.0 Å². The number of nitrogens with one attached hydrogen (secondary N) is 2. The van der Waals surface area contributed by atoms with Crippen LogP contribution in [0.2, 0.25) is 0 Å². The predicted octanol–water partition coefficient (Wildman–Crippen LogP) is -0.422. The minimum Gasteiger partial charge on any atom is -0.350 e.